The number of hydrazine groups is 1. The van der Waals surface area contributed by atoms with Crippen LogP contribution in [-0.4, -0.2) is 30.0 Å². The molecule has 0 heterocycles. The zero-order chi connectivity index (χ0) is 9.61. The minimum absolute atomic E-state index is 0.302. The first-order valence-corrected chi connectivity index (χ1v) is 4.71. The topological polar surface area (TPSA) is 55.3 Å². The summed E-state index contributed by atoms with van der Waals surface area (Å²) in [7, 11) is 1.93. The van der Waals surface area contributed by atoms with E-state index in [1.54, 1.807) is 5.12 Å². The Morgan fingerprint density at radius 2 is 1.83 bits per heavy atom. The van der Waals surface area contributed by atoms with Crippen molar-refractivity contribution < 1.29 is 4.70 Å². The van der Waals surface area contributed by atoms with E-state index in [2.05, 4.69) is 13.8 Å². The molecule has 74 valence electrons. The third-order valence-corrected chi connectivity index (χ3v) is 2.00. The van der Waals surface area contributed by atoms with Crippen LogP contribution in [0.4, 0.5) is 0 Å². The molecule has 0 saturated carbocycles. The van der Waals surface area contributed by atoms with Crippen LogP contribution in [0, 0.1) is 0 Å². The Morgan fingerprint density at radius 1 is 1.25 bits per heavy atom. The van der Waals surface area contributed by atoms with Gasteiger partial charge in [0, 0.05) is 0 Å². The van der Waals surface area contributed by atoms with E-state index in [0.29, 0.717) is 4.70 Å². The van der Waals surface area contributed by atoms with Crippen molar-refractivity contribution in [3.05, 3.63) is 0 Å². The molecule has 0 aromatic rings. The van der Waals surface area contributed by atoms with E-state index < -0.39 is 0 Å². The van der Waals surface area contributed by atoms with Gasteiger partial charge in [0.1, 0.15) is 13.6 Å². The molecule has 4 N–H and O–H groups in total. The molecule has 0 bridgehead atoms. The molecule has 0 aliphatic heterocycles. The molecule has 0 rings (SSSR count). The Hall–Kier alpha value is -0.160. The van der Waals surface area contributed by atoms with E-state index in [1.165, 1.54) is 0 Å². The minimum atomic E-state index is 0.302. The lowest BCUT2D eigenvalue weighted by Crippen LogP contribution is -2.66. The average Bonchev–Trinajstić information content (AvgIpc) is 2.00. The van der Waals surface area contributed by atoms with Gasteiger partial charge in [0.25, 0.3) is 0 Å². The average molecular weight is 175 g/mol. The van der Waals surface area contributed by atoms with Crippen LogP contribution in [0.5, 0.6) is 0 Å². The van der Waals surface area contributed by atoms with Gasteiger partial charge in [-0.1, -0.05) is 25.4 Å². The van der Waals surface area contributed by atoms with Crippen LogP contribution in [0.2, 0.25) is 0 Å². The van der Waals surface area contributed by atoms with E-state index in [0.717, 1.165) is 32.4 Å². The zero-order valence-electron chi connectivity index (χ0n) is 8.58. The Bertz CT molecular complexity index is 114. The highest BCUT2D eigenvalue weighted by atomic mass is 15.9. The summed E-state index contributed by atoms with van der Waals surface area (Å²) in [5, 5.41) is 1.70. The molecule has 0 aliphatic rings. The standard InChI is InChI=1S/C8H23N4/c1-4-6-7-11(9)12(3,10)8-5-2/h4-10H2,1-3H3/q+1. The molecule has 0 aromatic heterocycles. The second-order valence-electron chi connectivity index (χ2n) is 3.45. The molecule has 1 atom stereocenters. The van der Waals surface area contributed by atoms with Crippen molar-refractivity contribution in [3.8, 4) is 0 Å². The van der Waals surface area contributed by atoms with Crippen LogP contribution in [0.1, 0.15) is 33.1 Å². The summed E-state index contributed by atoms with van der Waals surface area (Å²) < 4.78 is 0.302. The number of quaternary nitrogens is 1. The van der Waals surface area contributed by atoms with Crippen molar-refractivity contribution in [3.63, 3.8) is 0 Å². The quantitative estimate of drug-likeness (QED) is 0.353. The molecular weight excluding hydrogens is 152 g/mol. The first-order valence-electron chi connectivity index (χ1n) is 4.71. The summed E-state index contributed by atoms with van der Waals surface area (Å²) in [6, 6.07) is 0. The molecule has 0 fully saturated rings. The van der Waals surface area contributed by atoms with E-state index in [9.17, 15) is 0 Å². The van der Waals surface area contributed by atoms with Crippen LogP contribution in [0.3, 0.4) is 0 Å². The van der Waals surface area contributed by atoms with Gasteiger partial charge in [-0.25, -0.2) is 5.84 Å². The summed E-state index contributed by atoms with van der Waals surface area (Å²) in [6.45, 7) is 6.01. The van der Waals surface area contributed by atoms with Crippen LogP contribution in [0.25, 0.3) is 0 Å². The molecule has 0 aromatic carbocycles. The largest absolute Gasteiger partial charge is 0.222 e. The van der Waals surface area contributed by atoms with Crippen LogP contribution in [-0.2, 0) is 0 Å². The highest BCUT2D eigenvalue weighted by molar-refractivity contribution is 4.36. The summed E-state index contributed by atoms with van der Waals surface area (Å²) in [6.07, 6.45) is 3.30. The number of nitrogens with two attached hydrogens (primary N) is 2. The predicted molar refractivity (Wildman–Crippen MR) is 51.3 cm³/mol. The summed E-state index contributed by atoms with van der Waals surface area (Å²) >= 11 is 0. The van der Waals surface area contributed by atoms with Gasteiger partial charge in [-0.15, -0.1) is 0 Å². The van der Waals surface area contributed by atoms with Crippen molar-refractivity contribution in [2.45, 2.75) is 33.1 Å². The summed E-state index contributed by atoms with van der Waals surface area (Å²) in [5.74, 6) is 11.8. The highest BCUT2D eigenvalue weighted by Crippen LogP contribution is 2.00. The van der Waals surface area contributed by atoms with Crippen LogP contribution >= 0.6 is 0 Å². The van der Waals surface area contributed by atoms with Gasteiger partial charge < -0.3 is 0 Å². The second-order valence-corrected chi connectivity index (χ2v) is 3.45. The molecule has 0 saturated heterocycles. The monoisotopic (exact) mass is 175 g/mol. The third-order valence-electron chi connectivity index (χ3n) is 2.00. The Labute approximate surface area is 75.6 Å². The Balaban J connectivity index is 3.79. The molecule has 0 radical (unpaired) electrons. The molecular formula is C8H23N4+. The maximum absolute atomic E-state index is 5.95. The predicted octanol–water partition coefficient (Wildman–Crippen LogP) is 0.608. The Morgan fingerprint density at radius 3 is 2.25 bits per heavy atom. The molecule has 1 unspecified atom stereocenters. The van der Waals surface area contributed by atoms with Gasteiger partial charge in [0.15, 0.2) is 0 Å². The lowest BCUT2D eigenvalue weighted by Gasteiger charge is -2.34. The fourth-order valence-electron chi connectivity index (χ4n) is 1.13. The van der Waals surface area contributed by atoms with Crippen LogP contribution in [0.15, 0.2) is 0 Å². The molecule has 4 heteroatoms. The number of hydrogen-bond acceptors (Lipinski definition) is 3. The first-order chi connectivity index (χ1) is 5.54. The molecule has 0 spiro atoms. The van der Waals surface area contributed by atoms with E-state index in [4.69, 9.17) is 11.7 Å². The normalized spacial score (nSPS) is 16.5. The van der Waals surface area contributed by atoms with E-state index in [-0.39, 0.29) is 0 Å². The van der Waals surface area contributed by atoms with Gasteiger partial charge in [-0.2, -0.15) is 10.5 Å². The zero-order valence-corrected chi connectivity index (χ0v) is 8.58. The molecule has 0 amide bonds. The number of unbranched alkanes of at least 4 members (excludes halogenated alkanes) is 1. The lowest BCUT2D eigenvalue weighted by atomic mass is 10.3. The Kier molecular flexibility index (Phi) is 5.41. The summed E-state index contributed by atoms with van der Waals surface area (Å²) in [4.78, 5) is 0. The first kappa shape index (κ1) is 11.8. The van der Waals surface area contributed by atoms with Gasteiger partial charge in [0.05, 0.1) is 6.54 Å². The van der Waals surface area contributed by atoms with Crippen molar-refractivity contribution in [2.24, 2.45) is 11.7 Å². The van der Waals surface area contributed by atoms with E-state index >= 15 is 0 Å². The van der Waals surface area contributed by atoms with Crippen molar-refractivity contribution in [1.82, 2.24) is 5.12 Å². The smallest absolute Gasteiger partial charge is 0.116 e. The second kappa shape index (κ2) is 5.48. The van der Waals surface area contributed by atoms with Crippen molar-refractivity contribution >= 4 is 0 Å². The molecule has 0 aliphatic carbocycles. The van der Waals surface area contributed by atoms with E-state index in [1.807, 2.05) is 7.05 Å². The summed E-state index contributed by atoms with van der Waals surface area (Å²) in [5.41, 5.74) is 0. The van der Waals surface area contributed by atoms with Gasteiger partial charge in [0.2, 0.25) is 0 Å². The maximum atomic E-state index is 5.95. The minimum Gasteiger partial charge on any atom is -0.222 e. The van der Waals surface area contributed by atoms with Gasteiger partial charge >= 0.3 is 0 Å². The third kappa shape index (κ3) is 4.01. The lowest BCUT2D eigenvalue weighted by molar-refractivity contribution is -1.03. The van der Waals surface area contributed by atoms with Gasteiger partial charge in [-0.3, -0.25) is 0 Å². The number of rotatable bonds is 6. The SMILES string of the molecule is CCCCN(N)[N+](C)(N)CCC. The van der Waals surface area contributed by atoms with Crippen LogP contribution < -0.4 is 11.7 Å². The number of nitrogens with zero attached hydrogens (tertiary/aromatic N) is 2. The molecule has 12 heavy (non-hydrogen) atoms. The number of hydrogen-bond donors (Lipinski definition) is 2. The fourth-order valence-corrected chi connectivity index (χ4v) is 1.13. The maximum Gasteiger partial charge on any atom is 0.116 e. The van der Waals surface area contributed by atoms with Crippen molar-refractivity contribution in [2.75, 3.05) is 20.1 Å². The molecule has 4 nitrogen and oxygen atoms in total. The van der Waals surface area contributed by atoms with Crippen molar-refractivity contribution in [1.29, 1.82) is 0 Å². The highest BCUT2D eigenvalue weighted by Gasteiger charge is 2.21. The van der Waals surface area contributed by atoms with Gasteiger partial charge in [-0.05, 0) is 12.8 Å². The fraction of sp³-hybridized carbons (Fsp3) is 1.00.